The van der Waals surface area contributed by atoms with E-state index in [2.05, 4.69) is 4.98 Å². The molecule has 0 aliphatic carbocycles. The maximum atomic E-state index is 11.7. The van der Waals surface area contributed by atoms with Crippen LogP contribution < -0.4 is 0 Å². The number of aliphatic carboxylic acids is 1. The van der Waals surface area contributed by atoms with Gasteiger partial charge < -0.3 is 10.2 Å². The van der Waals surface area contributed by atoms with Crippen molar-refractivity contribution in [2.24, 2.45) is 5.92 Å². The van der Waals surface area contributed by atoms with Crippen LogP contribution in [0.5, 0.6) is 0 Å². The second-order valence-corrected chi connectivity index (χ2v) is 6.34. The van der Waals surface area contributed by atoms with Gasteiger partial charge in [0, 0.05) is 11.3 Å². The predicted octanol–water partition coefficient (Wildman–Crippen LogP) is 2.21. The third-order valence-corrected chi connectivity index (χ3v) is 4.55. The number of ketones is 1. The molecule has 0 saturated carbocycles. The van der Waals surface area contributed by atoms with E-state index < -0.39 is 23.8 Å². The number of carboxylic acid groups (broad SMARTS) is 1. The maximum Gasteiger partial charge on any atom is 0.310 e. The fourth-order valence-corrected chi connectivity index (χ4v) is 2.83. The zero-order valence-electron chi connectivity index (χ0n) is 12.0. The molecule has 1 unspecified atom stereocenters. The van der Waals surface area contributed by atoms with Crippen LogP contribution in [-0.2, 0) is 16.0 Å². The maximum absolute atomic E-state index is 11.7. The Balaban J connectivity index is 2.69. The fraction of sp³-hybridized carbons (Fsp3) is 0.643. The van der Waals surface area contributed by atoms with Crippen molar-refractivity contribution >= 4 is 23.1 Å². The molecule has 1 heterocycles. The van der Waals surface area contributed by atoms with Gasteiger partial charge in [-0.3, -0.25) is 9.59 Å². The molecular weight excluding hydrogens is 278 g/mol. The number of aromatic nitrogens is 1. The Kier molecular flexibility index (Phi) is 5.83. The monoisotopic (exact) mass is 299 g/mol. The van der Waals surface area contributed by atoms with Crippen LogP contribution in [0.25, 0.3) is 0 Å². The molecule has 1 atom stereocenters. The van der Waals surface area contributed by atoms with Crippen LogP contribution in [0.4, 0.5) is 0 Å². The number of carboxylic acids is 1. The van der Waals surface area contributed by atoms with Crippen molar-refractivity contribution in [1.82, 2.24) is 4.98 Å². The van der Waals surface area contributed by atoms with E-state index in [-0.39, 0.29) is 12.3 Å². The van der Waals surface area contributed by atoms with Crippen molar-refractivity contribution in [2.75, 3.05) is 0 Å². The van der Waals surface area contributed by atoms with Gasteiger partial charge in [0.1, 0.15) is 12.2 Å². The minimum absolute atomic E-state index is 0.116. The molecule has 0 amide bonds. The summed E-state index contributed by atoms with van der Waals surface area (Å²) in [7, 11) is 0. The Morgan fingerprint density at radius 1 is 1.45 bits per heavy atom. The summed E-state index contributed by atoms with van der Waals surface area (Å²) in [5.41, 5.74) is 1.54. The minimum atomic E-state index is -1.16. The van der Waals surface area contributed by atoms with Crippen LogP contribution in [-0.4, -0.2) is 32.6 Å². The average Bonchev–Trinajstić information content (AvgIpc) is 2.70. The van der Waals surface area contributed by atoms with Gasteiger partial charge in [0.2, 0.25) is 0 Å². The first-order valence-corrected chi connectivity index (χ1v) is 7.47. The summed E-state index contributed by atoms with van der Waals surface area (Å²) in [5.74, 6) is -1.71. The van der Waals surface area contributed by atoms with E-state index >= 15 is 0 Å². The predicted molar refractivity (Wildman–Crippen MR) is 76.8 cm³/mol. The first-order chi connectivity index (χ1) is 9.24. The SMILES string of the molecule is Cc1ncsc1CCC(O)(CC(=O)CC(=O)O)C(C)C. The molecule has 6 heteroatoms. The van der Waals surface area contributed by atoms with Crippen molar-refractivity contribution in [3.63, 3.8) is 0 Å². The van der Waals surface area contributed by atoms with Crippen LogP contribution in [0.2, 0.25) is 0 Å². The van der Waals surface area contributed by atoms with Gasteiger partial charge in [-0.1, -0.05) is 13.8 Å². The lowest BCUT2D eigenvalue weighted by Crippen LogP contribution is -2.38. The summed E-state index contributed by atoms with van der Waals surface area (Å²) in [6.07, 6.45) is 0.425. The molecule has 1 aromatic rings. The summed E-state index contributed by atoms with van der Waals surface area (Å²) >= 11 is 1.53. The van der Waals surface area contributed by atoms with Crippen LogP contribution in [0.3, 0.4) is 0 Å². The highest BCUT2D eigenvalue weighted by Crippen LogP contribution is 2.29. The van der Waals surface area contributed by atoms with Crippen LogP contribution in [0, 0.1) is 12.8 Å². The lowest BCUT2D eigenvalue weighted by Gasteiger charge is -2.31. The first kappa shape index (κ1) is 16.8. The van der Waals surface area contributed by atoms with E-state index in [1.165, 1.54) is 11.3 Å². The molecule has 0 saturated heterocycles. The van der Waals surface area contributed by atoms with Gasteiger partial charge in [-0.15, -0.1) is 11.3 Å². The third-order valence-electron chi connectivity index (χ3n) is 3.56. The van der Waals surface area contributed by atoms with Crippen molar-refractivity contribution in [2.45, 2.75) is 52.1 Å². The summed E-state index contributed by atoms with van der Waals surface area (Å²) in [5, 5.41) is 19.3. The normalized spacial score (nSPS) is 14.2. The zero-order valence-corrected chi connectivity index (χ0v) is 12.9. The quantitative estimate of drug-likeness (QED) is 0.719. The van der Waals surface area contributed by atoms with Gasteiger partial charge in [-0.2, -0.15) is 0 Å². The molecule has 0 aromatic carbocycles. The van der Waals surface area contributed by atoms with Gasteiger partial charge >= 0.3 is 5.97 Å². The molecule has 0 spiro atoms. The highest BCUT2D eigenvalue weighted by Gasteiger charge is 2.33. The number of carbonyl (C=O) groups excluding carboxylic acids is 1. The number of carbonyl (C=O) groups is 2. The van der Waals surface area contributed by atoms with E-state index in [1.54, 1.807) is 5.51 Å². The average molecular weight is 299 g/mol. The fourth-order valence-electron chi connectivity index (χ4n) is 2.05. The number of hydrogen-bond donors (Lipinski definition) is 2. The van der Waals surface area contributed by atoms with Crippen molar-refractivity contribution in [3.05, 3.63) is 16.1 Å². The van der Waals surface area contributed by atoms with Gasteiger partial charge in [-0.05, 0) is 25.7 Å². The Bertz CT molecular complexity index is 483. The standard InChI is InChI=1S/C14H21NO4S/c1-9(2)14(19,7-11(16)6-13(17)18)5-4-12-10(3)15-8-20-12/h8-9,19H,4-7H2,1-3H3,(H,17,18). The van der Waals surface area contributed by atoms with Crippen molar-refractivity contribution in [1.29, 1.82) is 0 Å². The number of Topliss-reactive ketones (excluding diaryl/α,β-unsaturated/α-hetero) is 1. The van der Waals surface area contributed by atoms with Crippen molar-refractivity contribution < 1.29 is 19.8 Å². The molecular formula is C14H21NO4S. The number of aliphatic hydroxyl groups is 1. The van der Waals surface area contributed by atoms with Gasteiger partial charge in [-0.25, -0.2) is 4.98 Å². The van der Waals surface area contributed by atoms with E-state index in [0.29, 0.717) is 12.8 Å². The molecule has 0 fully saturated rings. The van der Waals surface area contributed by atoms with Crippen molar-refractivity contribution in [3.8, 4) is 0 Å². The summed E-state index contributed by atoms with van der Waals surface area (Å²) in [6.45, 7) is 5.59. The molecule has 0 aliphatic rings. The molecule has 5 nitrogen and oxygen atoms in total. The Morgan fingerprint density at radius 3 is 2.55 bits per heavy atom. The molecule has 1 rings (SSSR count). The molecule has 20 heavy (non-hydrogen) atoms. The second kappa shape index (κ2) is 6.95. The Labute approximate surface area is 122 Å². The Morgan fingerprint density at radius 2 is 2.10 bits per heavy atom. The van der Waals surface area contributed by atoms with Crippen LogP contribution in [0.15, 0.2) is 5.51 Å². The Hall–Kier alpha value is -1.27. The molecule has 1 aromatic heterocycles. The summed E-state index contributed by atoms with van der Waals surface area (Å²) in [4.78, 5) is 27.4. The van der Waals surface area contributed by atoms with Crippen LogP contribution >= 0.6 is 11.3 Å². The van der Waals surface area contributed by atoms with E-state index in [0.717, 1.165) is 10.6 Å². The number of hydrogen-bond acceptors (Lipinski definition) is 5. The molecule has 2 N–H and O–H groups in total. The van der Waals surface area contributed by atoms with Crippen LogP contribution in [0.1, 0.15) is 43.7 Å². The molecule has 0 radical (unpaired) electrons. The minimum Gasteiger partial charge on any atom is -0.481 e. The molecule has 0 aliphatic heterocycles. The number of nitrogens with zero attached hydrogens (tertiary/aromatic N) is 1. The largest absolute Gasteiger partial charge is 0.481 e. The van der Waals surface area contributed by atoms with E-state index in [1.807, 2.05) is 20.8 Å². The van der Waals surface area contributed by atoms with E-state index in [9.17, 15) is 14.7 Å². The number of aryl methyl sites for hydroxylation is 2. The smallest absolute Gasteiger partial charge is 0.310 e. The van der Waals surface area contributed by atoms with Gasteiger partial charge in [0.25, 0.3) is 0 Å². The summed E-state index contributed by atoms with van der Waals surface area (Å²) < 4.78 is 0. The summed E-state index contributed by atoms with van der Waals surface area (Å²) in [6, 6.07) is 0. The lowest BCUT2D eigenvalue weighted by molar-refractivity contribution is -0.142. The van der Waals surface area contributed by atoms with Gasteiger partial charge in [0.15, 0.2) is 0 Å². The zero-order chi connectivity index (χ0) is 15.3. The second-order valence-electron chi connectivity index (χ2n) is 5.41. The van der Waals surface area contributed by atoms with E-state index in [4.69, 9.17) is 5.11 Å². The lowest BCUT2D eigenvalue weighted by atomic mass is 9.81. The van der Waals surface area contributed by atoms with Gasteiger partial charge in [0.05, 0.1) is 16.8 Å². The number of rotatable bonds is 8. The molecule has 112 valence electrons. The molecule has 0 bridgehead atoms. The highest BCUT2D eigenvalue weighted by molar-refractivity contribution is 7.09. The highest BCUT2D eigenvalue weighted by atomic mass is 32.1. The number of thiazole rings is 1. The first-order valence-electron chi connectivity index (χ1n) is 6.59. The third kappa shape index (κ3) is 4.68. The topological polar surface area (TPSA) is 87.5 Å².